The van der Waals surface area contributed by atoms with Gasteiger partial charge in [0, 0.05) is 38.9 Å². The van der Waals surface area contributed by atoms with Crippen LogP contribution in [0.5, 0.6) is 5.75 Å². The van der Waals surface area contributed by atoms with E-state index in [1.807, 2.05) is 4.90 Å². The molecule has 1 fully saturated rings. The second-order valence-electron chi connectivity index (χ2n) is 6.86. The molecule has 1 aromatic carbocycles. The summed E-state index contributed by atoms with van der Waals surface area (Å²) in [5, 5.41) is 6.41. The van der Waals surface area contributed by atoms with E-state index in [-0.39, 0.29) is 17.6 Å². The van der Waals surface area contributed by atoms with E-state index in [1.165, 1.54) is 12.1 Å². The van der Waals surface area contributed by atoms with Gasteiger partial charge in [0.05, 0.1) is 0 Å². The number of anilines is 1. The van der Waals surface area contributed by atoms with E-state index in [0.29, 0.717) is 31.4 Å². The predicted molar refractivity (Wildman–Crippen MR) is 106 cm³/mol. The number of aliphatic imine (C=N–C) groups is 1. The molecule has 6 nitrogen and oxygen atoms in total. The molecule has 0 spiro atoms. The van der Waals surface area contributed by atoms with Gasteiger partial charge in [-0.3, -0.25) is 4.99 Å². The van der Waals surface area contributed by atoms with Gasteiger partial charge in [-0.2, -0.15) is 13.2 Å². The van der Waals surface area contributed by atoms with Crippen LogP contribution in [0.2, 0.25) is 0 Å². The van der Waals surface area contributed by atoms with Crippen molar-refractivity contribution in [1.29, 1.82) is 0 Å². The zero-order valence-electron chi connectivity index (χ0n) is 16.4. The molecule has 0 aliphatic carbocycles. The standard InChI is InChI=1S/C20H23F4N5O/c1-25-19(27-11-14-4-2-5-16(10-14)30-13-20(22,23)24)28-15-7-9-29(12-15)18-17(21)6-3-8-26-18/h2-6,8,10,15H,7,9,11-13H2,1H3,(H2,25,27,28). The molecule has 2 aromatic rings. The van der Waals surface area contributed by atoms with Gasteiger partial charge >= 0.3 is 6.18 Å². The summed E-state index contributed by atoms with van der Waals surface area (Å²) in [7, 11) is 1.63. The van der Waals surface area contributed by atoms with E-state index in [2.05, 4.69) is 20.6 Å². The molecular formula is C20H23F4N5O. The average Bonchev–Trinajstić information content (AvgIpc) is 3.18. The molecule has 0 radical (unpaired) electrons. The van der Waals surface area contributed by atoms with Crippen LogP contribution < -0.4 is 20.3 Å². The third-order valence-electron chi connectivity index (χ3n) is 4.55. The molecule has 1 aromatic heterocycles. The van der Waals surface area contributed by atoms with E-state index >= 15 is 0 Å². The minimum atomic E-state index is -4.38. The Bertz CT molecular complexity index is 874. The van der Waals surface area contributed by atoms with Crippen molar-refractivity contribution < 1.29 is 22.3 Å². The first-order chi connectivity index (χ1) is 14.3. The van der Waals surface area contributed by atoms with Crippen LogP contribution >= 0.6 is 0 Å². The normalized spacial score (nSPS) is 17.2. The molecule has 2 heterocycles. The fraction of sp³-hybridized carbons (Fsp3) is 0.400. The van der Waals surface area contributed by atoms with Crippen LogP contribution in [0.3, 0.4) is 0 Å². The Morgan fingerprint density at radius 2 is 2.13 bits per heavy atom. The van der Waals surface area contributed by atoms with Gasteiger partial charge in [0.25, 0.3) is 0 Å². The first-order valence-electron chi connectivity index (χ1n) is 9.45. The van der Waals surface area contributed by atoms with Gasteiger partial charge in [-0.25, -0.2) is 9.37 Å². The Hall–Kier alpha value is -3.04. The summed E-state index contributed by atoms with van der Waals surface area (Å²) < 4.78 is 55.6. The van der Waals surface area contributed by atoms with Gasteiger partial charge in [0.1, 0.15) is 5.75 Å². The zero-order valence-corrected chi connectivity index (χ0v) is 16.4. The molecular weight excluding hydrogens is 402 g/mol. The number of aromatic nitrogens is 1. The summed E-state index contributed by atoms with van der Waals surface area (Å²) >= 11 is 0. The van der Waals surface area contributed by atoms with Crippen molar-refractivity contribution in [3.63, 3.8) is 0 Å². The summed E-state index contributed by atoms with van der Waals surface area (Å²) in [6.07, 6.45) is -2.03. The van der Waals surface area contributed by atoms with Crippen molar-refractivity contribution >= 4 is 11.8 Å². The first kappa shape index (κ1) is 21.7. The number of hydrogen-bond donors (Lipinski definition) is 2. The second kappa shape index (κ2) is 9.64. The van der Waals surface area contributed by atoms with Crippen molar-refractivity contribution in [2.75, 3.05) is 31.6 Å². The minimum Gasteiger partial charge on any atom is -0.484 e. The summed E-state index contributed by atoms with van der Waals surface area (Å²) in [4.78, 5) is 10.2. The number of guanidine groups is 1. The maximum Gasteiger partial charge on any atom is 0.422 e. The summed E-state index contributed by atoms with van der Waals surface area (Å²) in [6.45, 7) is 0.271. The van der Waals surface area contributed by atoms with E-state index in [0.717, 1.165) is 12.0 Å². The van der Waals surface area contributed by atoms with Crippen molar-refractivity contribution in [3.8, 4) is 5.75 Å². The Kier molecular flexibility index (Phi) is 6.96. The second-order valence-corrected chi connectivity index (χ2v) is 6.86. The first-order valence-corrected chi connectivity index (χ1v) is 9.45. The molecule has 2 N–H and O–H groups in total. The molecule has 10 heteroatoms. The van der Waals surface area contributed by atoms with Crippen molar-refractivity contribution in [3.05, 3.63) is 54.0 Å². The molecule has 1 saturated heterocycles. The Morgan fingerprint density at radius 1 is 1.30 bits per heavy atom. The number of benzene rings is 1. The number of alkyl halides is 3. The SMILES string of the molecule is CN=C(NCc1cccc(OCC(F)(F)F)c1)NC1CCN(c2ncccc2F)C1. The molecule has 162 valence electrons. The van der Waals surface area contributed by atoms with Gasteiger partial charge < -0.3 is 20.3 Å². The molecule has 1 aliphatic rings. The third kappa shape index (κ3) is 6.23. The van der Waals surface area contributed by atoms with E-state index in [1.54, 1.807) is 37.5 Å². The Morgan fingerprint density at radius 3 is 2.87 bits per heavy atom. The largest absolute Gasteiger partial charge is 0.484 e. The number of ether oxygens (including phenoxy) is 1. The van der Waals surface area contributed by atoms with Gasteiger partial charge in [0.15, 0.2) is 24.2 Å². The number of rotatable bonds is 6. The van der Waals surface area contributed by atoms with E-state index < -0.39 is 12.8 Å². The molecule has 0 bridgehead atoms. The van der Waals surface area contributed by atoms with Crippen LogP contribution in [0.25, 0.3) is 0 Å². The lowest BCUT2D eigenvalue weighted by molar-refractivity contribution is -0.153. The fourth-order valence-corrected chi connectivity index (χ4v) is 3.16. The summed E-state index contributed by atoms with van der Waals surface area (Å²) in [5.41, 5.74) is 0.751. The fourth-order valence-electron chi connectivity index (χ4n) is 3.16. The lowest BCUT2D eigenvalue weighted by atomic mass is 10.2. The van der Waals surface area contributed by atoms with Gasteiger partial charge in [0.2, 0.25) is 0 Å². The number of pyridine rings is 1. The highest BCUT2D eigenvalue weighted by atomic mass is 19.4. The lowest BCUT2D eigenvalue weighted by Crippen LogP contribution is -2.44. The van der Waals surface area contributed by atoms with E-state index in [4.69, 9.17) is 4.74 Å². The highest BCUT2D eigenvalue weighted by molar-refractivity contribution is 5.80. The van der Waals surface area contributed by atoms with Crippen LogP contribution in [0.4, 0.5) is 23.4 Å². The Balaban J connectivity index is 1.50. The monoisotopic (exact) mass is 425 g/mol. The van der Waals surface area contributed by atoms with Crippen LogP contribution in [0.1, 0.15) is 12.0 Å². The minimum absolute atomic E-state index is 0.0547. The summed E-state index contributed by atoms with van der Waals surface area (Å²) in [6, 6.07) is 9.44. The van der Waals surface area contributed by atoms with Gasteiger partial charge in [-0.05, 0) is 36.2 Å². The van der Waals surface area contributed by atoms with Gasteiger partial charge in [-0.1, -0.05) is 12.1 Å². The van der Waals surface area contributed by atoms with Crippen LogP contribution in [-0.4, -0.2) is 49.9 Å². The number of hydrogen-bond acceptors (Lipinski definition) is 4. The average molecular weight is 425 g/mol. The molecule has 3 rings (SSSR count). The van der Waals surface area contributed by atoms with Crippen molar-refractivity contribution in [2.24, 2.45) is 4.99 Å². The topological polar surface area (TPSA) is 61.8 Å². The highest BCUT2D eigenvalue weighted by Crippen LogP contribution is 2.21. The maximum absolute atomic E-state index is 13.9. The molecule has 1 atom stereocenters. The van der Waals surface area contributed by atoms with Crippen LogP contribution in [0, 0.1) is 5.82 Å². The number of halogens is 4. The molecule has 0 amide bonds. The quantitative estimate of drug-likeness (QED) is 0.423. The Labute approximate surface area is 172 Å². The van der Waals surface area contributed by atoms with E-state index in [9.17, 15) is 17.6 Å². The number of nitrogens with zero attached hydrogens (tertiary/aromatic N) is 3. The summed E-state index contributed by atoms with van der Waals surface area (Å²) in [5.74, 6) is 0.678. The van der Waals surface area contributed by atoms with Crippen LogP contribution in [0.15, 0.2) is 47.6 Å². The van der Waals surface area contributed by atoms with Crippen molar-refractivity contribution in [2.45, 2.75) is 25.2 Å². The smallest absolute Gasteiger partial charge is 0.422 e. The highest BCUT2D eigenvalue weighted by Gasteiger charge is 2.28. The third-order valence-corrected chi connectivity index (χ3v) is 4.55. The van der Waals surface area contributed by atoms with Crippen molar-refractivity contribution in [1.82, 2.24) is 15.6 Å². The zero-order chi connectivity index (χ0) is 21.6. The molecule has 1 unspecified atom stereocenters. The van der Waals surface area contributed by atoms with Gasteiger partial charge in [-0.15, -0.1) is 0 Å². The van der Waals surface area contributed by atoms with Crippen LogP contribution in [-0.2, 0) is 6.54 Å². The molecule has 30 heavy (non-hydrogen) atoms. The number of nitrogens with one attached hydrogen (secondary N) is 2. The predicted octanol–water partition coefficient (Wildman–Crippen LogP) is 3.11. The maximum atomic E-state index is 13.9. The molecule has 1 aliphatic heterocycles. The molecule has 0 saturated carbocycles. The lowest BCUT2D eigenvalue weighted by Gasteiger charge is -2.20.